The first-order chi connectivity index (χ1) is 7.28. The fourth-order valence-electron chi connectivity index (χ4n) is 1.86. The molecule has 0 aromatic heterocycles. The van der Waals surface area contributed by atoms with E-state index in [0.717, 1.165) is 12.5 Å². The predicted octanol–water partition coefficient (Wildman–Crippen LogP) is 0.557. The summed E-state index contributed by atoms with van der Waals surface area (Å²) in [6.45, 7) is 5.28. The van der Waals surface area contributed by atoms with Crippen molar-refractivity contribution in [3.8, 4) is 0 Å². The van der Waals surface area contributed by atoms with Crippen LogP contribution in [0.2, 0.25) is 0 Å². The van der Waals surface area contributed by atoms with Crippen LogP contribution in [-0.4, -0.2) is 60.1 Å². The van der Waals surface area contributed by atoms with Crippen molar-refractivity contribution in [2.45, 2.75) is 32.3 Å². The highest BCUT2D eigenvalue weighted by molar-refractivity contribution is 5.78. The zero-order valence-corrected chi connectivity index (χ0v) is 10.9. The Morgan fingerprint density at radius 1 is 1.38 bits per heavy atom. The molecule has 1 amide bonds. The van der Waals surface area contributed by atoms with E-state index in [9.17, 15) is 9.90 Å². The maximum absolute atomic E-state index is 11.8. The topological polar surface area (TPSA) is 43.8 Å². The summed E-state index contributed by atoms with van der Waals surface area (Å²) in [6, 6.07) is 0. The minimum Gasteiger partial charge on any atom is -0.389 e. The molecule has 4 heteroatoms. The van der Waals surface area contributed by atoms with Gasteiger partial charge in [-0.1, -0.05) is 0 Å². The van der Waals surface area contributed by atoms with Crippen LogP contribution in [0.25, 0.3) is 0 Å². The molecule has 94 valence electrons. The molecule has 1 aliphatic carbocycles. The van der Waals surface area contributed by atoms with Crippen molar-refractivity contribution in [2.75, 3.05) is 33.7 Å². The molecule has 0 bridgehead atoms. The van der Waals surface area contributed by atoms with Crippen LogP contribution in [0.1, 0.15) is 26.7 Å². The van der Waals surface area contributed by atoms with Crippen molar-refractivity contribution >= 4 is 5.91 Å². The third kappa shape index (κ3) is 5.47. The summed E-state index contributed by atoms with van der Waals surface area (Å²) < 4.78 is 0. The van der Waals surface area contributed by atoms with Gasteiger partial charge >= 0.3 is 0 Å². The molecule has 1 N–H and O–H groups in total. The molecule has 1 aliphatic rings. The molecule has 0 heterocycles. The molecular weight excluding hydrogens is 204 g/mol. The van der Waals surface area contributed by atoms with Gasteiger partial charge in [0.05, 0.1) is 12.1 Å². The Balaban J connectivity index is 2.26. The number of amides is 1. The lowest BCUT2D eigenvalue weighted by Gasteiger charge is -2.26. The van der Waals surface area contributed by atoms with E-state index in [-0.39, 0.29) is 5.91 Å². The summed E-state index contributed by atoms with van der Waals surface area (Å²) in [5, 5.41) is 9.63. The molecule has 0 spiro atoms. The molecule has 0 saturated heterocycles. The van der Waals surface area contributed by atoms with Gasteiger partial charge in [0.2, 0.25) is 5.91 Å². The zero-order chi connectivity index (χ0) is 12.3. The van der Waals surface area contributed by atoms with Gasteiger partial charge in [-0.15, -0.1) is 0 Å². The number of likely N-dealkylation sites (N-methyl/N-ethyl adjacent to an activating group) is 2. The molecule has 16 heavy (non-hydrogen) atoms. The van der Waals surface area contributed by atoms with Gasteiger partial charge < -0.3 is 10.0 Å². The number of hydrogen-bond donors (Lipinski definition) is 1. The fraction of sp³-hybridized carbons (Fsp3) is 0.917. The van der Waals surface area contributed by atoms with E-state index < -0.39 is 5.60 Å². The molecule has 1 rings (SSSR count). The highest BCUT2D eigenvalue weighted by Gasteiger charge is 2.25. The monoisotopic (exact) mass is 228 g/mol. The van der Waals surface area contributed by atoms with Crippen LogP contribution in [0.3, 0.4) is 0 Å². The van der Waals surface area contributed by atoms with Gasteiger partial charge in [0.25, 0.3) is 0 Å². The van der Waals surface area contributed by atoms with Crippen molar-refractivity contribution in [1.29, 1.82) is 0 Å². The smallest absolute Gasteiger partial charge is 0.236 e. The largest absolute Gasteiger partial charge is 0.389 e. The summed E-state index contributed by atoms with van der Waals surface area (Å²) in [5.74, 6) is 0.868. The van der Waals surface area contributed by atoms with E-state index in [0.29, 0.717) is 13.1 Å². The molecule has 0 atom stereocenters. The van der Waals surface area contributed by atoms with Crippen LogP contribution in [0.4, 0.5) is 0 Å². The Labute approximate surface area is 98.2 Å². The molecule has 0 aliphatic heterocycles. The summed E-state index contributed by atoms with van der Waals surface area (Å²) in [4.78, 5) is 15.5. The lowest BCUT2D eigenvalue weighted by atomic mass is 10.1. The second-order valence-corrected chi connectivity index (χ2v) is 5.70. The minimum atomic E-state index is -0.746. The first-order valence-corrected chi connectivity index (χ1v) is 5.93. The Morgan fingerprint density at radius 2 is 1.94 bits per heavy atom. The van der Waals surface area contributed by atoms with E-state index >= 15 is 0 Å². The van der Waals surface area contributed by atoms with Crippen LogP contribution in [-0.2, 0) is 4.79 Å². The van der Waals surface area contributed by atoms with Gasteiger partial charge in [0.15, 0.2) is 0 Å². The Hall–Kier alpha value is -0.610. The summed E-state index contributed by atoms with van der Waals surface area (Å²) in [6.07, 6.45) is 2.52. The predicted molar refractivity (Wildman–Crippen MR) is 64.2 cm³/mol. The Bertz CT molecular complexity index is 244. The number of carbonyl (C=O) groups excluding carboxylic acids is 1. The van der Waals surface area contributed by atoms with Gasteiger partial charge in [-0.2, -0.15) is 0 Å². The lowest BCUT2D eigenvalue weighted by molar-refractivity contribution is -0.131. The van der Waals surface area contributed by atoms with E-state index in [4.69, 9.17) is 0 Å². The number of nitrogens with zero attached hydrogens (tertiary/aromatic N) is 2. The molecule has 0 unspecified atom stereocenters. The van der Waals surface area contributed by atoms with Crippen LogP contribution < -0.4 is 0 Å². The third-order valence-corrected chi connectivity index (χ3v) is 2.72. The van der Waals surface area contributed by atoms with Crippen LogP contribution >= 0.6 is 0 Å². The third-order valence-electron chi connectivity index (χ3n) is 2.72. The number of carbonyl (C=O) groups is 1. The van der Waals surface area contributed by atoms with E-state index in [1.165, 1.54) is 12.8 Å². The standard InChI is InChI=1S/C12H24N2O2/c1-12(2,16)9-13(3)8-11(15)14(4)7-10-5-6-10/h10,16H,5-9H2,1-4H3. The molecule has 4 nitrogen and oxygen atoms in total. The maximum Gasteiger partial charge on any atom is 0.236 e. The summed E-state index contributed by atoms with van der Waals surface area (Å²) in [7, 11) is 3.72. The lowest BCUT2D eigenvalue weighted by Crippen LogP contribution is -2.43. The van der Waals surface area contributed by atoms with E-state index in [2.05, 4.69) is 0 Å². The van der Waals surface area contributed by atoms with Crippen molar-refractivity contribution in [1.82, 2.24) is 9.80 Å². The first kappa shape index (κ1) is 13.5. The number of aliphatic hydroxyl groups is 1. The van der Waals surface area contributed by atoms with E-state index in [1.54, 1.807) is 18.7 Å². The van der Waals surface area contributed by atoms with Crippen molar-refractivity contribution in [3.63, 3.8) is 0 Å². The Morgan fingerprint density at radius 3 is 2.38 bits per heavy atom. The molecule has 1 fully saturated rings. The quantitative estimate of drug-likeness (QED) is 0.722. The summed E-state index contributed by atoms with van der Waals surface area (Å²) in [5.41, 5.74) is -0.746. The average molecular weight is 228 g/mol. The van der Waals surface area contributed by atoms with Crippen LogP contribution in [0.15, 0.2) is 0 Å². The minimum absolute atomic E-state index is 0.138. The van der Waals surface area contributed by atoms with Crippen LogP contribution in [0, 0.1) is 5.92 Å². The van der Waals surface area contributed by atoms with Gasteiger partial charge in [-0.05, 0) is 39.7 Å². The van der Waals surface area contributed by atoms with Crippen LogP contribution in [0.5, 0.6) is 0 Å². The first-order valence-electron chi connectivity index (χ1n) is 5.93. The molecule has 0 aromatic rings. The second kappa shape index (κ2) is 5.15. The highest BCUT2D eigenvalue weighted by atomic mass is 16.3. The molecular formula is C12H24N2O2. The van der Waals surface area contributed by atoms with E-state index in [1.807, 2.05) is 19.0 Å². The number of hydrogen-bond acceptors (Lipinski definition) is 3. The van der Waals surface area contributed by atoms with Gasteiger partial charge in [0, 0.05) is 20.1 Å². The number of rotatable bonds is 6. The van der Waals surface area contributed by atoms with Gasteiger partial charge in [-0.3, -0.25) is 9.69 Å². The van der Waals surface area contributed by atoms with Gasteiger partial charge in [-0.25, -0.2) is 0 Å². The molecule has 1 saturated carbocycles. The maximum atomic E-state index is 11.8. The second-order valence-electron chi connectivity index (χ2n) is 5.70. The fourth-order valence-corrected chi connectivity index (χ4v) is 1.86. The average Bonchev–Trinajstić information content (AvgIpc) is 2.83. The molecule has 0 radical (unpaired) electrons. The SMILES string of the molecule is CN(CC(=O)N(C)CC1CC1)CC(C)(C)O. The Kier molecular flexibility index (Phi) is 4.33. The normalized spacial score (nSPS) is 16.6. The van der Waals surface area contributed by atoms with Gasteiger partial charge in [0.1, 0.15) is 0 Å². The zero-order valence-electron chi connectivity index (χ0n) is 10.9. The van der Waals surface area contributed by atoms with Crippen molar-refractivity contribution in [3.05, 3.63) is 0 Å². The van der Waals surface area contributed by atoms with Crippen molar-refractivity contribution < 1.29 is 9.90 Å². The highest BCUT2D eigenvalue weighted by Crippen LogP contribution is 2.29. The van der Waals surface area contributed by atoms with Crippen molar-refractivity contribution in [2.24, 2.45) is 5.92 Å². The molecule has 0 aromatic carbocycles. The summed E-state index contributed by atoms with van der Waals surface area (Å²) >= 11 is 0.